The van der Waals surface area contributed by atoms with Crippen molar-refractivity contribution in [1.29, 1.82) is 0 Å². The molecule has 0 spiro atoms. The maximum Gasteiger partial charge on any atom is 0.264 e. The van der Waals surface area contributed by atoms with Crippen LogP contribution in [0.4, 0.5) is 0 Å². The number of carbonyl (C=O) groups excluding carboxylic acids is 1. The second-order valence-electron chi connectivity index (χ2n) is 7.17. The molecule has 154 valence electrons. The van der Waals surface area contributed by atoms with Crippen LogP contribution in [0, 0.1) is 0 Å². The minimum atomic E-state index is -3.71. The van der Waals surface area contributed by atoms with E-state index in [4.69, 9.17) is 9.57 Å². The summed E-state index contributed by atoms with van der Waals surface area (Å²) in [6, 6.07) is 5.72. The van der Waals surface area contributed by atoms with Crippen LogP contribution in [0.3, 0.4) is 0 Å². The molecule has 0 radical (unpaired) electrons. The highest BCUT2D eigenvalue weighted by Crippen LogP contribution is 2.25. The first-order valence-electron chi connectivity index (χ1n) is 9.09. The first kappa shape index (κ1) is 21.2. The van der Waals surface area contributed by atoms with E-state index in [1.165, 1.54) is 6.92 Å². The fourth-order valence-corrected chi connectivity index (χ4v) is 4.27. The molecule has 3 rings (SSSR count). The molecule has 1 fully saturated rings. The number of nitrogens with one attached hydrogen (secondary N) is 1. The van der Waals surface area contributed by atoms with E-state index >= 15 is 0 Å². The quantitative estimate of drug-likeness (QED) is 0.620. The van der Waals surface area contributed by atoms with Gasteiger partial charge in [0.25, 0.3) is 5.91 Å². The Labute approximate surface area is 172 Å². The number of rotatable bonds is 7. The normalized spacial score (nSPS) is 20.0. The molecule has 1 aliphatic heterocycles. The standard InChI is InChI=1S/C18H24BrN3O5S/c1-18(28(2,24)25,17(23)21-27-16-5-3-4-10-26-16)8-9-22-15-7-6-14(19)11-13(15)12-20-22/h6-7,11-12,16H,3-5,8-10H2,1-2H3,(H,21,23). The number of aromatic nitrogens is 2. The van der Waals surface area contributed by atoms with Gasteiger partial charge in [0.2, 0.25) is 0 Å². The van der Waals surface area contributed by atoms with Gasteiger partial charge in [0.1, 0.15) is 0 Å². The Morgan fingerprint density at radius 1 is 1.46 bits per heavy atom. The molecular weight excluding hydrogens is 450 g/mol. The highest BCUT2D eigenvalue weighted by molar-refractivity contribution is 9.10. The average Bonchev–Trinajstić information content (AvgIpc) is 3.06. The van der Waals surface area contributed by atoms with Crippen molar-refractivity contribution in [3.63, 3.8) is 0 Å². The van der Waals surface area contributed by atoms with E-state index in [0.717, 1.165) is 34.5 Å². The number of amides is 1. The molecule has 28 heavy (non-hydrogen) atoms. The minimum absolute atomic E-state index is 0.0550. The molecule has 1 N–H and O–H groups in total. The van der Waals surface area contributed by atoms with E-state index < -0.39 is 26.8 Å². The van der Waals surface area contributed by atoms with Crippen molar-refractivity contribution in [3.8, 4) is 0 Å². The van der Waals surface area contributed by atoms with Crippen molar-refractivity contribution in [3.05, 3.63) is 28.9 Å². The Morgan fingerprint density at radius 3 is 2.93 bits per heavy atom. The van der Waals surface area contributed by atoms with Crippen LogP contribution in [0.5, 0.6) is 0 Å². The molecule has 1 aliphatic rings. The first-order valence-corrected chi connectivity index (χ1v) is 11.8. The zero-order chi connectivity index (χ0) is 20.4. The number of fused-ring (bicyclic) bond motifs is 1. The van der Waals surface area contributed by atoms with Gasteiger partial charge in [0.05, 0.1) is 11.7 Å². The van der Waals surface area contributed by atoms with Crippen molar-refractivity contribution in [2.45, 2.75) is 50.2 Å². The molecule has 1 aromatic heterocycles. The zero-order valence-electron chi connectivity index (χ0n) is 15.9. The number of ether oxygens (including phenoxy) is 1. The topological polar surface area (TPSA) is 99.5 Å². The predicted molar refractivity (Wildman–Crippen MR) is 108 cm³/mol. The van der Waals surface area contributed by atoms with E-state index in [2.05, 4.69) is 26.5 Å². The molecule has 0 bridgehead atoms. The molecule has 1 saturated heterocycles. The number of hydrogen-bond donors (Lipinski definition) is 1. The summed E-state index contributed by atoms with van der Waals surface area (Å²) >= 11 is 3.41. The molecule has 10 heteroatoms. The lowest BCUT2D eigenvalue weighted by atomic mass is 10.1. The van der Waals surface area contributed by atoms with Crippen LogP contribution < -0.4 is 5.48 Å². The molecule has 8 nitrogen and oxygen atoms in total. The van der Waals surface area contributed by atoms with E-state index in [9.17, 15) is 13.2 Å². The lowest BCUT2D eigenvalue weighted by Crippen LogP contribution is -2.51. The fourth-order valence-electron chi connectivity index (χ4n) is 3.05. The number of nitrogens with zero attached hydrogens (tertiary/aromatic N) is 2. The van der Waals surface area contributed by atoms with Gasteiger partial charge in [0, 0.05) is 35.7 Å². The van der Waals surface area contributed by atoms with E-state index in [0.29, 0.717) is 13.0 Å². The number of hydrogen-bond acceptors (Lipinski definition) is 6. The Balaban J connectivity index is 1.72. The van der Waals surface area contributed by atoms with Crippen LogP contribution in [0.1, 0.15) is 32.6 Å². The first-order chi connectivity index (χ1) is 13.2. The summed E-state index contributed by atoms with van der Waals surface area (Å²) < 4.78 is 31.2. The molecule has 0 aliphatic carbocycles. The fraction of sp³-hybridized carbons (Fsp3) is 0.556. The lowest BCUT2D eigenvalue weighted by molar-refractivity contribution is -0.201. The number of halogens is 1. The van der Waals surface area contributed by atoms with Crippen molar-refractivity contribution in [2.75, 3.05) is 12.9 Å². The number of sulfone groups is 1. The summed E-state index contributed by atoms with van der Waals surface area (Å²) in [5, 5.41) is 5.25. The molecule has 2 unspecified atom stereocenters. The van der Waals surface area contributed by atoms with E-state index in [1.807, 2.05) is 18.2 Å². The summed E-state index contributed by atoms with van der Waals surface area (Å²) in [6.45, 7) is 2.24. The van der Waals surface area contributed by atoms with Crippen LogP contribution in [0.2, 0.25) is 0 Å². The Hall–Kier alpha value is -1.49. The molecule has 1 aromatic carbocycles. The van der Waals surface area contributed by atoms with Gasteiger partial charge in [-0.05, 0) is 44.4 Å². The lowest BCUT2D eigenvalue weighted by Gasteiger charge is -2.28. The molecule has 0 saturated carbocycles. The molecule has 2 heterocycles. The van der Waals surface area contributed by atoms with Crippen molar-refractivity contribution < 1.29 is 22.8 Å². The highest BCUT2D eigenvalue weighted by Gasteiger charge is 2.44. The van der Waals surface area contributed by atoms with Crippen LogP contribution in [0.15, 0.2) is 28.9 Å². The Kier molecular flexibility index (Phi) is 6.43. The van der Waals surface area contributed by atoms with Crippen molar-refractivity contribution in [2.24, 2.45) is 0 Å². The molecule has 1 amide bonds. The number of carbonyl (C=O) groups is 1. The van der Waals surface area contributed by atoms with Gasteiger partial charge in [-0.2, -0.15) is 5.10 Å². The maximum atomic E-state index is 12.7. The van der Waals surface area contributed by atoms with Crippen LogP contribution in [0.25, 0.3) is 10.9 Å². The molecule has 2 aromatic rings. The number of aryl methyl sites for hydroxylation is 1. The van der Waals surface area contributed by atoms with Gasteiger partial charge < -0.3 is 4.74 Å². The van der Waals surface area contributed by atoms with Gasteiger partial charge >= 0.3 is 0 Å². The van der Waals surface area contributed by atoms with Crippen LogP contribution in [-0.4, -0.2) is 48.0 Å². The summed E-state index contributed by atoms with van der Waals surface area (Å²) in [6.07, 6.45) is 4.82. The predicted octanol–water partition coefficient (Wildman–Crippen LogP) is 2.57. The van der Waals surface area contributed by atoms with Crippen molar-refractivity contribution >= 4 is 42.6 Å². The largest absolute Gasteiger partial charge is 0.350 e. The zero-order valence-corrected chi connectivity index (χ0v) is 18.3. The second-order valence-corrected chi connectivity index (χ2v) is 10.5. The summed E-state index contributed by atoms with van der Waals surface area (Å²) in [4.78, 5) is 18.0. The maximum absolute atomic E-state index is 12.7. The second kappa shape index (κ2) is 8.48. The third-order valence-electron chi connectivity index (χ3n) is 5.12. The Bertz CT molecular complexity index is 955. The summed E-state index contributed by atoms with van der Waals surface area (Å²) in [7, 11) is -3.71. The third kappa shape index (κ3) is 4.56. The van der Waals surface area contributed by atoms with E-state index in [-0.39, 0.29) is 13.0 Å². The summed E-state index contributed by atoms with van der Waals surface area (Å²) in [5.74, 6) is -0.705. The number of benzene rings is 1. The van der Waals surface area contributed by atoms with Crippen LogP contribution in [-0.2, 0) is 30.8 Å². The summed E-state index contributed by atoms with van der Waals surface area (Å²) in [5.41, 5.74) is 3.16. The van der Waals surface area contributed by atoms with Gasteiger partial charge in [-0.15, -0.1) is 0 Å². The molecule has 2 atom stereocenters. The van der Waals surface area contributed by atoms with E-state index in [1.54, 1.807) is 10.9 Å². The highest BCUT2D eigenvalue weighted by atomic mass is 79.9. The van der Waals surface area contributed by atoms with Crippen molar-refractivity contribution in [1.82, 2.24) is 15.3 Å². The monoisotopic (exact) mass is 473 g/mol. The van der Waals surface area contributed by atoms with Gasteiger partial charge in [-0.1, -0.05) is 15.9 Å². The van der Waals surface area contributed by atoms with Gasteiger partial charge in [-0.25, -0.2) is 18.7 Å². The SMILES string of the molecule is CC(CCn1ncc2cc(Br)ccc21)(C(=O)NOC1CCCCO1)S(C)(=O)=O. The number of hydroxylamine groups is 1. The molecular formula is C18H24BrN3O5S. The Morgan fingerprint density at radius 2 is 2.25 bits per heavy atom. The van der Waals surface area contributed by atoms with Gasteiger partial charge in [0.15, 0.2) is 20.9 Å². The average molecular weight is 474 g/mol. The third-order valence-corrected chi connectivity index (χ3v) is 7.64. The smallest absolute Gasteiger partial charge is 0.264 e. The van der Waals surface area contributed by atoms with Gasteiger partial charge in [-0.3, -0.25) is 9.48 Å². The van der Waals surface area contributed by atoms with Crippen LogP contribution >= 0.6 is 15.9 Å². The minimum Gasteiger partial charge on any atom is -0.350 e.